The van der Waals surface area contributed by atoms with Crippen LogP contribution in [0.15, 0.2) is 0 Å². The number of alkyl halides is 4. The summed E-state index contributed by atoms with van der Waals surface area (Å²) in [4.78, 5) is 10.4. The van der Waals surface area contributed by atoms with Crippen LogP contribution in [0.25, 0.3) is 0 Å². The first-order valence-corrected chi connectivity index (χ1v) is 9.35. The maximum absolute atomic E-state index is 12.1. The lowest BCUT2D eigenvalue weighted by Crippen LogP contribution is -2.32. The van der Waals surface area contributed by atoms with E-state index in [0.29, 0.717) is 0 Å². The Hall–Kier alpha value is -0.593. The van der Waals surface area contributed by atoms with Crippen LogP contribution in [-0.2, 0) is 4.79 Å². The molecule has 0 saturated carbocycles. The van der Waals surface area contributed by atoms with Gasteiger partial charge in [0.2, 0.25) is 12.1 Å². The smallest absolute Gasteiger partial charge is 0.356 e. The van der Waals surface area contributed by atoms with E-state index < -0.39 is 32.7 Å². The van der Waals surface area contributed by atoms with Crippen LogP contribution >= 0.6 is 0 Å². The highest BCUT2D eigenvalue weighted by Gasteiger charge is 2.41. The van der Waals surface area contributed by atoms with Crippen LogP contribution < -0.4 is 5.32 Å². The quantitative estimate of drug-likeness (QED) is 0.621. The van der Waals surface area contributed by atoms with E-state index in [1.165, 1.54) is 0 Å². The molecule has 0 aromatic rings. The maximum atomic E-state index is 12.1. The van der Waals surface area contributed by atoms with Crippen molar-refractivity contribution >= 4 is 14.0 Å². The molecule has 1 atom stereocenters. The zero-order chi connectivity index (χ0) is 14.3. The second kappa shape index (κ2) is 7.68. The number of amides is 1. The number of halogens is 4. The minimum Gasteiger partial charge on any atom is -0.356 e. The SMILES string of the molecule is CCNC(=O)CC(F)C(F)(F)F.C[Si](C)(C)C. The van der Waals surface area contributed by atoms with Crippen LogP contribution in [0.4, 0.5) is 17.6 Å². The number of carbonyl (C=O) groups is 1. The number of rotatable bonds is 3. The molecule has 0 spiro atoms. The van der Waals surface area contributed by atoms with E-state index in [9.17, 15) is 22.4 Å². The van der Waals surface area contributed by atoms with E-state index in [0.717, 1.165) is 0 Å². The fourth-order valence-electron chi connectivity index (χ4n) is 0.548. The molecule has 0 aliphatic heterocycles. The topological polar surface area (TPSA) is 29.1 Å². The molecule has 1 N–H and O–H groups in total. The molecule has 0 aliphatic rings. The van der Waals surface area contributed by atoms with Crippen LogP contribution in [0.5, 0.6) is 0 Å². The molecule has 2 nitrogen and oxygen atoms in total. The molecule has 0 bridgehead atoms. The summed E-state index contributed by atoms with van der Waals surface area (Å²) in [6.45, 7) is 11.0. The van der Waals surface area contributed by atoms with Gasteiger partial charge in [-0.3, -0.25) is 4.79 Å². The molecule has 7 heteroatoms. The second-order valence-electron chi connectivity index (χ2n) is 5.17. The average Bonchev–Trinajstić information content (AvgIpc) is 1.98. The number of nitrogens with one attached hydrogen (secondary N) is 1. The Morgan fingerprint density at radius 2 is 1.59 bits per heavy atom. The first-order chi connectivity index (χ1) is 7.38. The molecular formula is C10H21F4NOSi. The largest absolute Gasteiger partial charge is 0.420 e. The van der Waals surface area contributed by atoms with Crippen molar-refractivity contribution < 1.29 is 22.4 Å². The molecule has 0 aromatic heterocycles. The summed E-state index contributed by atoms with van der Waals surface area (Å²) in [6.07, 6.45) is -9.16. The molecule has 1 unspecified atom stereocenters. The Labute approximate surface area is 101 Å². The van der Waals surface area contributed by atoms with Crippen molar-refractivity contribution in [3.05, 3.63) is 0 Å². The van der Waals surface area contributed by atoms with Crippen LogP contribution in [0, 0.1) is 0 Å². The molecule has 0 aromatic carbocycles. The van der Waals surface area contributed by atoms with Crippen LogP contribution in [0.1, 0.15) is 13.3 Å². The first kappa shape index (κ1) is 18.8. The van der Waals surface area contributed by atoms with Gasteiger partial charge in [0.05, 0.1) is 6.42 Å². The van der Waals surface area contributed by atoms with Gasteiger partial charge < -0.3 is 5.32 Å². The summed E-state index contributed by atoms with van der Waals surface area (Å²) >= 11 is 0. The molecular weight excluding hydrogens is 254 g/mol. The molecule has 0 fully saturated rings. The van der Waals surface area contributed by atoms with Crippen LogP contribution in [-0.4, -0.2) is 32.9 Å². The standard InChI is InChI=1S/C6H9F4NO.C4H12Si/c1-2-11-5(12)3-4(7)6(8,9)10;1-5(2,3)4/h4H,2-3H2,1H3,(H,11,12);1-4H3. The van der Waals surface area contributed by atoms with E-state index >= 15 is 0 Å². The molecule has 17 heavy (non-hydrogen) atoms. The summed E-state index contributed by atoms with van der Waals surface area (Å²) in [6, 6.07) is 0. The van der Waals surface area contributed by atoms with Crippen molar-refractivity contribution in [2.24, 2.45) is 0 Å². The van der Waals surface area contributed by atoms with E-state index in [2.05, 4.69) is 31.5 Å². The summed E-state index contributed by atoms with van der Waals surface area (Å²) in [5.41, 5.74) is 0. The lowest BCUT2D eigenvalue weighted by atomic mass is 10.2. The predicted molar refractivity (Wildman–Crippen MR) is 63.5 cm³/mol. The zero-order valence-electron chi connectivity index (χ0n) is 10.9. The third-order valence-electron chi connectivity index (χ3n) is 1.09. The van der Waals surface area contributed by atoms with Gasteiger partial charge in [-0.05, 0) is 6.92 Å². The van der Waals surface area contributed by atoms with Gasteiger partial charge in [0, 0.05) is 14.6 Å². The minimum absolute atomic E-state index is 0.198. The fraction of sp³-hybridized carbons (Fsp3) is 0.900. The predicted octanol–water partition coefficient (Wildman–Crippen LogP) is 3.37. The molecule has 104 valence electrons. The number of carbonyl (C=O) groups excluding carboxylic acids is 1. The lowest BCUT2D eigenvalue weighted by molar-refractivity contribution is -0.183. The number of hydrogen-bond donors (Lipinski definition) is 1. The first-order valence-electron chi connectivity index (χ1n) is 5.35. The lowest BCUT2D eigenvalue weighted by Gasteiger charge is -2.11. The highest BCUT2D eigenvalue weighted by atomic mass is 28.3. The summed E-state index contributed by atoms with van der Waals surface area (Å²) < 4.78 is 46.6. The Balaban J connectivity index is 0. The average molecular weight is 275 g/mol. The van der Waals surface area contributed by atoms with Gasteiger partial charge in [-0.1, -0.05) is 26.2 Å². The number of hydrogen-bond acceptors (Lipinski definition) is 1. The van der Waals surface area contributed by atoms with Gasteiger partial charge in [-0.25, -0.2) is 4.39 Å². The molecule has 0 heterocycles. The van der Waals surface area contributed by atoms with Crippen molar-refractivity contribution in [1.29, 1.82) is 0 Å². The van der Waals surface area contributed by atoms with Crippen molar-refractivity contribution in [3.63, 3.8) is 0 Å². The van der Waals surface area contributed by atoms with Crippen molar-refractivity contribution in [2.75, 3.05) is 6.54 Å². The van der Waals surface area contributed by atoms with Gasteiger partial charge >= 0.3 is 6.18 Å². The Bertz CT molecular complexity index is 219. The van der Waals surface area contributed by atoms with Crippen LogP contribution in [0.3, 0.4) is 0 Å². The van der Waals surface area contributed by atoms with E-state index in [1.54, 1.807) is 6.92 Å². The third-order valence-corrected chi connectivity index (χ3v) is 1.09. The minimum atomic E-state index is -4.94. The fourth-order valence-corrected chi connectivity index (χ4v) is 0.548. The van der Waals surface area contributed by atoms with Gasteiger partial charge in [0.15, 0.2) is 0 Å². The van der Waals surface area contributed by atoms with Crippen molar-refractivity contribution in [3.8, 4) is 0 Å². The Morgan fingerprint density at radius 1 is 1.24 bits per heavy atom. The molecule has 1 amide bonds. The van der Waals surface area contributed by atoms with Gasteiger partial charge in [-0.2, -0.15) is 13.2 Å². The third kappa shape index (κ3) is 18.0. The van der Waals surface area contributed by atoms with E-state index in [-0.39, 0.29) is 6.54 Å². The maximum Gasteiger partial charge on any atom is 0.420 e. The van der Waals surface area contributed by atoms with Gasteiger partial charge in [0.1, 0.15) is 0 Å². The molecule has 0 aliphatic carbocycles. The summed E-state index contributed by atoms with van der Waals surface area (Å²) in [7, 11) is -0.611. The monoisotopic (exact) mass is 275 g/mol. The van der Waals surface area contributed by atoms with E-state index in [4.69, 9.17) is 0 Å². The zero-order valence-corrected chi connectivity index (χ0v) is 11.9. The Morgan fingerprint density at radius 3 is 1.82 bits per heavy atom. The second-order valence-corrected chi connectivity index (χ2v) is 11.2. The molecule has 0 saturated heterocycles. The molecule has 0 radical (unpaired) electrons. The van der Waals surface area contributed by atoms with Gasteiger partial charge in [-0.15, -0.1) is 0 Å². The Kier molecular flexibility index (Phi) is 8.48. The van der Waals surface area contributed by atoms with Crippen molar-refractivity contribution in [2.45, 2.75) is 51.9 Å². The highest BCUT2D eigenvalue weighted by molar-refractivity contribution is 6.74. The van der Waals surface area contributed by atoms with Crippen LogP contribution in [0.2, 0.25) is 26.2 Å². The molecule has 0 rings (SSSR count). The van der Waals surface area contributed by atoms with Crippen molar-refractivity contribution in [1.82, 2.24) is 5.32 Å². The summed E-state index contributed by atoms with van der Waals surface area (Å²) in [5.74, 6) is -0.928. The normalized spacial score (nSPS) is 13.5. The summed E-state index contributed by atoms with van der Waals surface area (Å²) in [5, 5.41) is 2.07. The van der Waals surface area contributed by atoms with Gasteiger partial charge in [0.25, 0.3) is 0 Å². The van der Waals surface area contributed by atoms with E-state index in [1.807, 2.05) is 0 Å². The highest BCUT2D eigenvalue weighted by Crippen LogP contribution is 2.24.